The molecule has 10 heteroatoms. The van der Waals surface area contributed by atoms with E-state index in [1.165, 1.54) is 11.8 Å². The van der Waals surface area contributed by atoms with Crippen LogP contribution >= 0.6 is 11.8 Å². The van der Waals surface area contributed by atoms with Crippen LogP contribution in [0.25, 0.3) is 11.1 Å². The number of ether oxygens (including phenoxy) is 2. The minimum atomic E-state index is -1.02. The largest absolute Gasteiger partial charge is 0.478 e. The summed E-state index contributed by atoms with van der Waals surface area (Å²) < 4.78 is 13.0. The van der Waals surface area contributed by atoms with Crippen LogP contribution in [0.5, 0.6) is 0 Å². The quantitative estimate of drug-likeness (QED) is 0.102. The van der Waals surface area contributed by atoms with Crippen molar-refractivity contribution < 1.29 is 29.3 Å². The molecule has 5 aromatic rings. The van der Waals surface area contributed by atoms with Gasteiger partial charge < -0.3 is 30.3 Å². The Kier molecular flexibility index (Phi) is 11.3. The smallest absolute Gasteiger partial charge is 0.338 e. The first-order valence-corrected chi connectivity index (χ1v) is 17.0. The number of carboxylic acids is 1. The highest BCUT2D eigenvalue weighted by Gasteiger charge is 2.32. The fraction of sp³-hybridized carbons (Fsp3) is 0.205. The Bertz CT molecular complexity index is 1850. The lowest BCUT2D eigenvalue weighted by atomic mass is 9.98. The van der Waals surface area contributed by atoms with Crippen LogP contribution in [0, 0.1) is 0 Å². The summed E-state index contributed by atoms with van der Waals surface area (Å²) in [5.74, 6) is -0.535. The zero-order chi connectivity index (χ0) is 34.0. The molecule has 4 N–H and O–H groups in total. The van der Waals surface area contributed by atoms with Gasteiger partial charge in [-0.2, -0.15) is 0 Å². The maximum absolute atomic E-state index is 12.5. The first kappa shape index (κ1) is 33.9. The number of carbonyl (C=O) groups is 2. The molecular formula is C39H37N3O6S. The van der Waals surface area contributed by atoms with E-state index in [1.807, 2.05) is 103 Å². The number of rotatable bonds is 12. The maximum atomic E-state index is 12.5. The van der Waals surface area contributed by atoms with Crippen LogP contribution in [-0.2, 0) is 29.2 Å². The molecule has 1 aliphatic heterocycles. The maximum Gasteiger partial charge on any atom is 0.338 e. The third kappa shape index (κ3) is 8.92. The Hall–Kier alpha value is -5.00. The van der Waals surface area contributed by atoms with Crippen LogP contribution < -0.4 is 10.6 Å². The molecule has 250 valence electrons. The monoisotopic (exact) mass is 675 g/mol. The van der Waals surface area contributed by atoms with Gasteiger partial charge in [0.15, 0.2) is 6.29 Å². The van der Waals surface area contributed by atoms with Crippen molar-refractivity contribution in [3.63, 3.8) is 0 Å². The number of aromatic carboxylic acids is 1. The van der Waals surface area contributed by atoms with E-state index in [0.29, 0.717) is 30.3 Å². The fourth-order valence-electron chi connectivity index (χ4n) is 5.66. The molecule has 2 amide bonds. The summed E-state index contributed by atoms with van der Waals surface area (Å²) in [7, 11) is 0. The number of amides is 2. The van der Waals surface area contributed by atoms with Crippen LogP contribution in [0.15, 0.2) is 126 Å². The fourth-order valence-corrected chi connectivity index (χ4v) is 6.66. The summed E-state index contributed by atoms with van der Waals surface area (Å²) in [6, 6.07) is 36.3. The van der Waals surface area contributed by atoms with Crippen molar-refractivity contribution in [1.82, 2.24) is 15.6 Å². The van der Waals surface area contributed by atoms with Crippen LogP contribution in [-0.4, -0.2) is 39.1 Å². The summed E-state index contributed by atoms with van der Waals surface area (Å²) in [6.07, 6.45) is 0.955. The SMILES string of the molecule is O=C(NCc1ccccc1)NCc1ccccc1-c1ccc([C@@H]2O[C@H](CSc3ncccc3C(=O)O)C[C@H](c3ccc(CO)cc3)O2)cc1. The van der Waals surface area contributed by atoms with Gasteiger partial charge in [0, 0.05) is 37.0 Å². The van der Waals surface area contributed by atoms with E-state index in [9.17, 15) is 19.8 Å². The average Bonchev–Trinajstić information content (AvgIpc) is 3.16. The van der Waals surface area contributed by atoms with Gasteiger partial charge in [-0.25, -0.2) is 14.6 Å². The molecular weight excluding hydrogens is 639 g/mol. The van der Waals surface area contributed by atoms with Crippen LogP contribution in [0.2, 0.25) is 0 Å². The molecule has 0 spiro atoms. The molecule has 1 saturated heterocycles. The molecule has 2 heterocycles. The summed E-state index contributed by atoms with van der Waals surface area (Å²) in [5, 5.41) is 25.5. The number of hydrogen-bond acceptors (Lipinski definition) is 7. The van der Waals surface area contributed by atoms with Crippen molar-refractivity contribution in [3.05, 3.63) is 155 Å². The number of benzene rings is 4. The number of aromatic nitrogens is 1. The summed E-state index contributed by atoms with van der Waals surface area (Å²) in [4.78, 5) is 28.6. The second-order valence-electron chi connectivity index (χ2n) is 11.6. The van der Waals surface area contributed by atoms with Gasteiger partial charge in [0.1, 0.15) is 5.03 Å². The lowest BCUT2D eigenvalue weighted by Crippen LogP contribution is -2.34. The molecule has 4 aromatic carbocycles. The second-order valence-corrected chi connectivity index (χ2v) is 12.6. The number of carboxylic acid groups (broad SMARTS) is 1. The number of pyridine rings is 1. The number of nitrogens with one attached hydrogen (secondary N) is 2. The van der Waals surface area contributed by atoms with Gasteiger partial charge in [-0.1, -0.05) is 103 Å². The number of urea groups is 1. The molecule has 1 fully saturated rings. The Balaban J connectivity index is 1.16. The minimum absolute atomic E-state index is 0.0419. The van der Waals surface area contributed by atoms with E-state index in [0.717, 1.165) is 38.9 Å². The second kappa shape index (κ2) is 16.4. The topological polar surface area (TPSA) is 130 Å². The highest BCUT2D eigenvalue weighted by Crippen LogP contribution is 2.40. The van der Waals surface area contributed by atoms with Crippen molar-refractivity contribution in [2.24, 2.45) is 0 Å². The van der Waals surface area contributed by atoms with Gasteiger partial charge in [0.05, 0.1) is 24.4 Å². The molecule has 1 aliphatic rings. The summed E-state index contributed by atoms with van der Waals surface area (Å²) >= 11 is 1.35. The van der Waals surface area contributed by atoms with Crippen LogP contribution in [0.4, 0.5) is 4.79 Å². The predicted molar refractivity (Wildman–Crippen MR) is 188 cm³/mol. The van der Waals surface area contributed by atoms with E-state index < -0.39 is 12.3 Å². The molecule has 49 heavy (non-hydrogen) atoms. The Morgan fingerprint density at radius 3 is 2.24 bits per heavy atom. The lowest BCUT2D eigenvalue weighted by Gasteiger charge is -2.36. The molecule has 1 aromatic heterocycles. The molecule has 6 rings (SSSR count). The van der Waals surface area contributed by atoms with E-state index in [2.05, 4.69) is 15.6 Å². The standard InChI is InChI=1S/C39H37N3O6S/c43-24-27-12-14-29(15-13-27)35-21-32(25-49-36-34(37(44)45)11-6-20-40-36)47-38(48-35)30-18-16-28(17-19-30)33-10-5-4-9-31(33)23-42-39(46)41-22-26-7-2-1-3-8-26/h1-20,32,35,38,43H,21-25H2,(H,44,45)(H2,41,42,46)/t32-,35+,38+/m0/s1. The van der Waals surface area contributed by atoms with Crippen LogP contribution in [0.3, 0.4) is 0 Å². The van der Waals surface area contributed by atoms with E-state index in [4.69, 9.17) is 9.47 Å². The third-order valence-corrected chi connectivity index (χ3v) is 9.41. The van der Waals surface area contributed by atoms with Crippen molar-refractivity contribution in [2.45, 2.75) is 49.6 Å². The van der Waals surface area contributed by atoms with Gasteiger partial charge in [-0.15, -0.1) is 11.8 Å². The summed E-state index contributed by atoms with van der Waals surface area (Å²) in [5.41, 5.74) is 6.78. The third-order valence-electron chi connectivity index (χ3n) is 8.27. The number of nitrogens with zero attached hydrogens (tertiary/aromatic N) is 1. The molecule has 0 radical (unpaired) electrons. The predicted octanol–water partition coefficient (Wildman–Crippen LogP) is 7.28. The van der Waals surface area contributed by atoms with Crippen molar-refractivity contribution in [1.29, 1.82) is 0 Å². The van der Waals surface area contributed by atoms with E-state index in [-0.39, 0.29) is 30.4 Å². The molecule has 0 aliphatic carbocycles. The Morgan fingerprint density at radius 2 is 1.49 bits per heavy atom. The van der Waals surface area contributed by atoms with Crippen molar-refractivity contribution >= 4 is 23.8 Å². The molecule has 3 atom stereocenters. The molecule has 9 nitrogen and oxygen atoms in total. The molecule has 0 unspecified atom stereocenters. The number of carbonyl (C=O) groups excluding carboxylic acids is 1. The van der Waals surface area contributed by atoms with Crippen LogP contribution in [0.1, 0.15) is 57.0 Å². The normalized spacial score (nSPS) is 17.3. The zero-order valence-corrected chi connectivity index (χ0v) is 27.5. The molecule has 0 saturated carbocycles. The van der Waals surface area contributed by atoms with Crippen molar-refractivity contribution in [2.75, 3.05) is 5.75 Å². The average molecular weight is 676 g/mol. The summed E-state index contributed by atoms with van der Waals surface area (Å²) in [6.45, 7) is 0.769. The number of thioether (sulfide) groups is 1. The highest BCUT2D eigenvalue weighted by molar-refractivity contribution is 7.99. The Morgan fingerprint density at radius 1 is 0.776 bits per heavy atom. The van der Waals surface area contributed by atoms with Gasteiger partial charge >= 0.3 is 12.0 Å². The van der Waals surface area contributed by atoms with Gasteiger partial charge in [-0.05, 0) is 45.5 Å². The number of aliphatic hydroxyl groups excluding tert-OH is 1. The van der Waals surface area contributed by atoms with Gasteiger partial charge in [0.25, 0.3) is 0 Å². The number of aliphatic hydroxyl groups is 1. The Labute approximate surface area is 289 Å². The first-order valence-electron chi connectivity index (χ1n) is 16.0. The highest BCUT2D eigenvalue weighted by atomic mass is 32.2. The first-order chi connectivity index (χ1) is 24.0. The van der Waals surface area contributed by atoms with Gasteiger partial charge in [-0.3, -0.25) is 0 Å². The minimum Gasteiger partial charge on any atom is -0.478 e. The van der Waals surface area contributed by atoms with E-state index in [1.54, 1.807) is 18.3 Å². The van der Waals surface area contributed by atoms with Gasteiger partial charge in [0.2, 0.25) is 0 Å². The molecule has 0 bridgehead atoms. The number of hydrogen-bond donors (Lipinski definition) is 4. The van der Waals surface area contributed by atoms with E-state index >= 15 is 0 Å². The lowest BCUT2D eigenvalue weighted by molar-refractivity contribution is -0.245. The zero-order valence-electron chi connectivity index (χ0n) is 26.7. The van der Waals surface area contributed by atoms with Crippen molar-refractivity contribution in [3.8, 4) is 11.1 Å².